The van der Waals surface area contributed by atoms with Crippen molar-refractivity contribution in [2.24, 2.45) is 24.8 Å². The minimum atomic E-state index is -2.85. The van der Waals surface area contributed by atoms with E-state index >= 15 is 0 Å². The lowest BCUT2D eigenvalue weighted by atomic mass is 10.0. The molecule has 4 N–H and O–H groups in total. The van der Waals surface area contributed by atoms with Gasteiger partial charge >= 0.3 is 0 Å². The molecule has 1 aliphatic rings. The van der Waals surface area contributed by atoms with Gasteiger partial charge in [-0.15, -0.1) is 0 Å². The number of rotatable bonds is 9. The van der Waals surface area contributed by atoms with Gasteiger partial charge in [-0.05, 0) is 30.9 Å². The second-order valence-corrected chi connectivity index (χ2v) is 11.2. The summed E-state index contributed by atoms with van der Waals surface area (Å²) in [5.74, 6) is 0.479. The van der Waals surface area contributed by atoms with Gasteiger partial charge in [0.15, 0.2) is 11.5 Å². The topological polar surface area (TPSA) is 148 Å². The number of nitrogen functional groups attached to an aromatic ring is 1. The Hall–Kier alpha value is -4.94. The maximum atomic E-state index is 13.6. The standard InChI is InChI=1S/C30H32F2N10O/c1-15(2)25-19(10-17-13-40(3)39-29(17)36-25)30-37-26(27(41(30)4)16-8-9-16)18-6-5-7-21(33)20(18)12-35-24-11-22(28(31)32)42(38-24)14-23(34)43/h5-7,10-13,15-16,28H,8-9,14,33H2,1-4H3,(H2,34,43). The number of nitrogens with two attached hydrogens (primary N) is 2. The lowest BCUT2D eigenvalue weighted by Gasteiger charge is -2.12. The highest BCUT2D eigenvalue weighted by molar-refractivity contribution is 5.97. The number of alkyl halides is 2. The largest absolute Gasteiger partial charge is 0.398 e. The first-order valence-electron chi connectivity index (χ1n) is 14.0. The molecule has 11 nitrogen and oxygen atoms in total. The number of pyridine rings is 1. The Morgan fingerprint density at radius 1 is 1.14 bits per heavy atom. The predicted octanol–water partition coefficient (Wildman–Crippen LogP) is 4.99. The van der Waals surface area contributed by atoms with Crippen molar-refractivity contribution in [3.63, 3.8) is 0 Å². The summed E-state index contributed by atoms with van der Waals surface area (Å²) in [6.45, 7) is 3.72. The Balaban J connectivity index is 1.48. The lowest BCUT2D eigenvalue weighted by Crippen LogP contribution is -2.21. The summed E-state index contributed by atoms with van der Waals surface area (Å²) >= 11 is 0. The zero-order valence-electron chi connectivity index (χ0n) is 24.3. The number of hydrogen-bond donors (Lipinski definition) is 2. The molecular weight excluding hydrogens is 554 g/mol. The van der Waals surface area contributed by atoms with Crippen LogP contribution in [0.15, 0.2) is 41.5 Å². The SMILES string of the molecule is CC(C)c1nc2nn(C)cc2cc1-c1nc(-c2cccc(N)c2C=Nc2cc(C(F)F)n(CC(N)=O)n2)c(C2CC2)n1C. The molecule has 1 aliphatic carbocycles. The first-order valence-corrected chi connectivity index (χ1v) is 14.0. The Bertz CT molecular complexity index is 1890. The Morgan fingerprint density at radius 3 is 2.58 bits per heavy atom. The molecule has 222 valence electrons. The summed E-state index contributed by atoms with van der Waals surface area (Å²) in [5, 5.41) is 9.47. The van der Waals surface area contributed by atoms with E-state index in [2.05, 4.69) is 39.7 Å². The molecule has 4 heterocycles. The van der Waals surface area contributed by atoms with Gasteiger partial charge < -0.3 is 16.0 Å². The number of halogens is 2. The van der Waals surface area contributed by atoms with Crippen molar-refractivity contribution in [2.75, 3.05) is 5.73 Å². The van der Waals surface area contributed by atoms with Crippen LogP contribution in [0.4, 0.5) is 20.3 Å². The number of anilines is 1. The van der Waals surface area contributed by atoms with Gasteiger partial charge in [0.2, 0.25) is 5.91 Å². The third kappa shape index (κ3) is 5.26. The summed E-state index contributed by atoms with van der Waals surface area (Å²) in [7, 11) is 3.90. The second kappa shape index (κ2) is 10.7. The molecule has 4 aromatic heterocycles. The van der Waals surface area contributed by atoms with Gasteiger partial charge in [-0.25, -0.2) is 23.7 Å². The molecule has 0 aliphatic heterocycles. The van der Waals surface area contributed by atoms with Crippen molar-refractivity contribution in [1.82, 2.24) is 34.1 Å². The smallest absolute Gasteiger partial charge is 0.280 e. The zero-order valence-corrected chi connectivity index (χ0v) is 24.3. The molecule has 1 aromatic carbocycles. The van der Waals surface area contributed by atoms with Gasteiger partial charge in [-0.2, -0.15) is 10.2 Å². The van der Waals surface area contributed by atoms with Crippen molar-refractivity contribution < 1.29 is 13.6 Å². The van der Waals surface area contributed by atoms with Crippen LogP contribution in [0.2, 0.25) is 0 Å². The fourth-order valence-electron chi connectivity index (χ4n) is 5.48. The number of benzene rings is 1. The number of nitrogens with zero attached hydrogens (tertiary/aromatic N) is 8. The van der Waals surface area contributed by atoms with Crippen LogP contribution in [-0.2, 0) is 25.4 Å². The summed E-state index contributed by atoms with van der Waals surface area (Å²) < 4.78 is 31.9. The van der Waals surface area contributed by atoms with Crippen LogP contribution >= 0.6 is 0 Å². The van der Waals surface area contributed by atoms with Crippen LogP contribution in [0.5, 0.6) is 0 Å². The molecule has 1 amide bonds. The van der Waals surface area contributed by atoms with Crippen molar-refractivity contribution in [2.45, 2.75) is 51.5 Å². The molecule has 0 radical (unpaired) electrons. The van der Waals surface area contributed by atoms with Crippen LogP contribution in [0.3, 0.4) is 0 Å². The van der Waals surface area contributed by atoms with E-state index in [0.29, 0.717) is 22.8 Å². The molecule has 1 saturated carbocycles. The zero-order chi connectivity index (χ0) is 30.6. The third-order valence-corrected chi connectivity index (χ3v) is 7.58. The molecule has 5 aromatic rings. The van der Waals surface area contributed by atoms with Gasteiger partial charge in [0, 0.05) is 71.9 Å². The van der Waals surface area contributed by atoms with Crippen LogP contribution < -0.4 is 11.5 Å². The number of aromatic nitrogens is 7. The summed E-state index contributed by atoms with van der Waals surface area (Å²) in [6.07, 6.45) is 2.69. The van der Waals surface area contributed by atoms with Crippen LogP contribution in [0, 0.1) is 0 Å². The van der Waals surface area contributed by atoms with Gasteiger partial charge in [0.05, 0.1) is 11.4 Å². The molecule has 1 fully saturated rings. The maximum absolute atomic E-state index is 13.6. The average molecular weight is 587 g/mol. The molecule has 13 heteroatoms. The molecule has 0 saturated heterocycles. The average Bonchev–Trinajstić information content (AvgIpc) is 3.44. The molecular formula is C30H32F2N10O. The Labute approximate surface area is 246 Å². The maximum Gasteiger partial charge on any atom is 0.280 e. The number of fused-ring (bicyclic) bond motifs is 1. The van der Waals surface area contributed by atoms with E-state index in [9.17, 15) is 13.6 Å². The van der Waals surface area contributed by atoms with E-state index in [1.807, 2.05) is 32.4 Å². The van der Waals surface area contributed by atoms with Gasteiger partial charge in [0.1, 0.15) is 18.1 Å². The minimum Gasteiger partial charge on any atom is -0.398 e. The van der Waals surface area contributed by atoms with E-state index in [-0.39, 0.29) is 11.7 Å². The Morgan fingerprint density at radius 2 is 1.91 bits per heavy atom. The summed E-state index contributed by atoms with van der Waals surface area (Å²) in [5.41, 5.74) is 17.4. The van der Waals surface area contributed by atoms with Gasteiger partial charge in [-0.3, -0.25) is 14.2 Å². The fourth-order valence-corrected chi connectivity index (χ4v) is 5.48. The third-order valence-electron chi connectivity index (χ3n) is 7.58. The van der Waals surface area contributed by atoms with E-state index < -0.39 is 24.6 Å². The highest BCUT2D eigenvalue weighted by Gasteiger charge is 2.33. The molecule has 0 unspecified atom stereocenters. The number of carbonyl (C=O) groups excluding carboxylic acids is 1. The van der Waals surface area contributed by atoms with Crippen LogP contribution in [-0.4, -0.2) is 46.2 Å². The second-order valence-electron chi connectivity index (χ2n) is 11.2. The summed E-state index contributed by atoms with van der Waals surface area (Å²) in [4.78, 5) is 25.8. The van der Waals surface area contributed by atoms with Crippen molar-refractivity contribution in [3.8, 4) is 22.6 Å². The fraction of sp³-hybridized carbons (Fsp3) is 0.333. The number of aryl methyl sites for hydroxylation is 1. The van der Waals surface area contributed by atoms with Gasteiger partial charge in [-0.1, -0.05) is 26.0 Å². The molecule has 43 heavy (non-hydrogen) atoms. The number of hydrogen-bond acceptors (Lipinski definition) is 7. The minimum absolute atomic E-state index is 0.00676. The Kier molecular flexibility index (Phi) is 7.03. The first kappa shape index (κ1) is 28.2. The highest BCUT2D eigenvalue weighted by Crippen LogP contribution is 2.47. The quantitative estimate of drug-likeness (QED) is 0.184. The predicted molar refractivity (Wildman–Crippen MR) is 160 cm³/mol. The molecule has 0 spiro atoms. The monoisotopic (exact) mass is 586 g/mol. The summed E-state index contributed by atoms with van der Waals surface area (Å²) in [6, 6.07) is 8.76. The number of aliphatic imine (C=N–C) groups is 1. The van der Waals surface area contributed by atoms with Crippen molar-refractivity contribution >= 4 is 34.7 Å². The number of primary amides is 1. The van der Waals surface area contributed by atoms with Crippen molar-refractivity contribution in [1.29, 1.82) is 0 Å². The molecule has 0 bridgehead atoms. The van der Waals surface area contributed by atoms with E-state index in [1.165, 1.54) is 6.21 Å². The molecule has 0 atom stereocenters. The molecule has 6 rings (SSSR count). The first-order chi connectivity index (χ1) is 20.5. The van der Waals surface area contributed by atoms with E-state index in [4.69, 9.17) is 21.4 Å². The number of imidazole rings is 1. The van der Waals surface area contributed by atoms with Crippen LogP contribution in [0.25, 0.3) is 33.7 Å². The normalized spacial score (nSPS) is 13.8. The number of carbonyl (C=O) groups is 1. The van der Waals surface area contributed by atoms with E-state index in [0.717, 1.165) is 63.0 Å². The lowest BCUT2D eigenvalue weighted by molar-refractivity contribution is -0.118. The number of amides is 1. The van der Waals surface area contributed by atoms with E-state index in [1.54, 1.807) is 10.7 Å². The van der Waals surface area contributed by atoms with Crippen molar-refractivity contribution in [3.05, 3.63) is 59.2 Å². The highest BCUT2D eigenvalue weighted by atomic mass is 19.3. The van der Waals surface area contributed by atoms with Crippen LogP contribution in [0.1, 0.15) is 67.6 Å². The van der Waals surface area contributed by atoms with Gasteiger partial charge in [0.25, 0.3) is 6.43 Å².